The van der Waals surface area contributed by atoms with Gasteiger partial charge in [-0.05, 0) is 30.4 Å². The highest BCUT2D eigenvalue weighted by atomic mass is 32.2. The Morgan fingerprint density at radius 1 is 1.28 bits per heavy atom. The van der Waals surface area contributed by atoms with Crippen molar-refractivity contribution in [2.45, 2.75) is 24.7 Å². The summed E-state index contributed by atoms with van der Waals surface area (Å²) in [6.07, 6.45) is 3.03. The fourth-order valence-corrected chi connectivity index (χ4v) is 4.68. The van der Waals surface area contributed by atoms with Crippen LogP contribution in [0.2, 0.25) is 0 Å². The first-order valence-corrected chi connectivity index (χ1v) is 10.8. The summed E-state index contributed by atoms with van der Waals surface area (Å²) in [5.41, 5.74) is 1.07. The van der Waals surface area contributed by atoms with Gasteiger partial charge in [0.2, 0.25) is 0 Å². The van der Waals surface area contributed by atoms with Gasteiger partial charge in [-0.25, -0.2) is 8.42 Å². The Bertz CT molecular complexity index is 951. The SMILES string of the molecule is CCC(=S)/C=C1\Sc2ccc3ccccc3c2N1CCCS(=O)(=O)[O-]. The van der Waals surface area contributed by atoms with Crippen LogP contribution in [0.15, 0.2) is 52.4 Å². The summed E-state index contributed by atoms with van der Waals surface area (Å²) in [6, 6.07) is 12.3. The van der Waals surface area contributed by atoms with E-state index in [0.29, 0.717) is 6.54 Å². The van der Waals surface area contributed by atoms with Crippen LogP contribution in [0.25, 0.3) is 10.8 Å². The highest BCUT2D eigenvalue weighted by molar-refractivity contribution is 8.03. The lowest BCUT2D eigenvalue weighted by molar-refractivity contribution is 0.461. The van der Waals surface area contributed by atoms with Gasteiger partial charge in [0, 0.05) is 27.4 Å². The summed E-state index contributed by atoms with van der Waals surface area (Å²) in [6.45, 7) is 2.48. The predicted molar refractivity (Wildman–Crippen MR) is 107 cm³/mol. The number of thiocarbonyl (C=S) groups is 1. The number of benzene rings is 2. The van der Waals surface area contributed by atoms with Crippen LogP contribution in [0.5, 0.6) is 0 Å². The number of fused-ring (bicyclic) bond motifs is 3. The molecule has 0 amide bonds. The fraction of sp³-hybridized carbons (Fsp3) is 0.278. The lowest BCUT2D eigenvalue weighted by Crippen LogP contribution is -2.22. The minimum absolute atomic E-state index is 0.283. The Morgan fingerprint density at radius 3 is 2.76 bits per heavy atom. The first kappa shape index (κ1) is 18.4. The largest absolute Gasteiger partial charge is 0.748 e. The van der Waals surface area contributed by atoms with E-state index in [4.69, 9.17) is 12.2 Å². The molecule has 0 saturated heterocycles. The third kappa shape index (κ3) is 4.23. The van der Waals surface area contributed by atoms with Crippen LogP contribution in [-0.2, 0) is 10.1 Å². The first-order chi connectivity index (χ1) is 11.9. The monoisotopic (exact) mass is 392 g/mol. The first-order valence-electron chi connectivity index (χ1n) is 8.04. The second-order valence-corrected chi connectivity index (χ2v) is 8.92. The summed E-state index contributed by atoms with van der Waals surface area (Å²) >= 11 is 6.99. The fourth-order valence-electron chi connectivity index (χ4n) is 2.84. The summed E-state index contributed by atoms with van der Waals surface area (Å²) in [4.78, 5) is 4.06. The summed E-state index contributed by atoms with van der Waals surface area (Å²) in [5, 5.41) is 3.23. The number of nitrogens with zero attached hydrogens (tertiary/aromatic N) is 1. The van der Waals surface area contributed by atoms with E-state index in [1.807, 2.05) is 25.1 Å². The van der Waals surface area contributed by atoms with Crippen LogP contribution in [0.3, 0.4) is 0 Å². The van der Waals surface area contributed by atoms with Gasteiger partial charge < -0.3 is 9.45 Å². The van der Waals surface area contributed by atoms with E-state index < -0.39 is 10.1 Å². The third-order valence-corrected chi connectivity index (χ3v) is 6.31. The van der Waals surface area contributed by atoms with Gasteiger partial charge in [0.05, 0.1) is 20.8 Å². The maximum Gasteiger partial charge on any atom is 0.0946 e. The van der Waals surface area contributed by atoms with Crippen molar-refractivity contribution in [1.29, 1.82) is 0 Å². The number of hydrogen-bond donors (Lipinski definition) is 0. The van der Waals surface area contributed by atoms with Crippen molar-refractivity contribution in [2.75, 3.05) is 17.2 Å². The van der Waals surface area contributed by atoms with Crippen LogP contribution in [-0.4, -0.2) is 30.1 Å². The molecule has 0 bridgehead atoms. The molecule has 0 aliphatic carbocycles. The Hall–Kier alpha value is -1.41. The van der Waals surface area contributed by atoms with E-state index in [9.17, 15) is 13.0 Å². The normalized spacial score (nSPS) is 15.8. The highest BCUT2D eigenvalue weighted by Gasteiger charge is 2.27. The van der Waals surface area contributed by atoms with Gasteiger partial charge in [-0.1, -0.05) is 61.2 Å². The molecule has 0 radical (unpaired) electrons. The van der Waals surface area contributed by atoms with Gasteiger partial charge in [0.25, 0.3) is 0 Å². The quantitative estimate of drug-likeness (QED) is 0.415. The number of anilines is 1. The van der Waals surface area contributed by atoms with E-state index in [2.05, 4.69) is 29.2 Å². The van der Waals surface area contributed by atoms with Gasteiger partial charge in [-0.15, -0.1) is 0 Å². The average Bonchev–Trinajstić information content (AvgIpc) is 2.91. The van der Waals surface area contributed by atoms with Crippen molar-refractivity contribution in [1.82, 2.24) is 0 Å². The molecule has 0 aromatic heterocycles. The standard InChI is InChI=1S/C18H19NO3S3/c1-2-14(23)12-17-19(10-5-11-25(20,21)22)18-15-7-4-3-6-13(15)8-9-16(18)24-17/h3-4,6-9,12H,2,5,10-11H2,1H3,(H,20,21,22)/p-1/b17-12-. The summed E-state index contributed by atoms with van der Waals surface area (Å²) in [5.74, 6) is -0.361. The van der Waals surface area contributed by atoms with E-state index in [1.165, 1.54) is 0 Å². The molecule has 25 heavy (non-hydrogen) atoms. The van der Waals surface area contributed by atoms with Crippen LogP contribution in [0, 0.1) is 0 Å². The van der Waals surface area contributed by atoms with Gasteiger partial charge in [0.1, 0.15) is 0 Å². The molecule has 0 spiro atoms. The second-order valence-electron chi connectivity index (χ2n) is 5.80. The Kier molecular flexibility index (Phi) is 5.48. The van der Waals surface area contributed by atoms with Crippen molar-refractivity contribution in [3.05, 3.63) is 47.5 Å². The van der Waals surface area contributed by atoms with Crippen LogP contribution in [0.1, 0.15) is 19.8 Å². The zero-order valence-corrected chi connectivity index (χ0v) is 16.2. The lowest BCUT2D eigenvalue weighted by Gasteiger charge is -2.22. The van der Waals surface area contributed by atoms with Crippen molar-refractivity contribution >= 4 is 55.4 Å². The maximum absolute atomic E-state index is 11.0. The molecule has 3 rings (SSSR count). The van der Waals surface area contributed by atoms with Crippen LogP contribution in [0.4, 0.5) is 5.69 Å². The predicted octanol–water partition coefficient (Wildman–Crippen LogP) is 4.31. The zero-order valence-electron chi connectivity index (χ0n) is 13.8. The van der Waals surface area contributed by atoms with Crippen molar-refractivity contribution in [2.24, 2.45) is 0 Å². The molecule has 0 fully saturated rings. The van der Waals surface area contributed by atoms with E-state index >= 15 is 0 Å². The van der Waals surface area contributed by atoms with E-state index in [-0.39, 0.29) is 12.2 Å². The molecule has 1 heterocycles. The minimum atomic E-state index is -4.21. The summed E-state index contributed by atoms with van der Waals surface area (Å²) in [7, 11) is -4.21. The summed E-state index contributed by atoms with van der Waals surface area (Å²) < 4.78 is 32.9. The molecule has 132 valence electrons. The van der Waals surface area contributed by atoms with Crippen molar-refractivity contribution < 1.29 is 13.0 Å². The van der Waals surface area contributed by atoms with Crippen molar-refractivity contribution in [3.63, 3.8) is 0 Å². The molecule has 0 saturated carbocycles. The number of thioether (sulfide) groups is 1. The zero-order chi connectivity index (χ0) is 18.0. The van der Waals surface area contributed by atoms with Crippen LogP contribution >= 0.6 is 24.0 Å². The Morgan fingerprint density at radius 2 is 2.04 bits per heavy atom. The third-order valence-electron chi connectivity index (χ3n) is 4.02. The molecule has 2 aromatic carbocycles. The van der Waals surface area contributed by atoms with Crippen molar-refractivity contribution in [3.8, 4) is 0 Å². The molecule has 0 atom stereocenters. The van der Waals surface area contributed by atoms with Crippen LogP contribution < -0.4 is 4.90 Å². The topological polar surface area (TPSA) is 60.4 Å². The average molecular weight is 393 g/mol. The molecular formula is C18H18NO3S3-. The molecule has 7 heteroatoms. The number of hydrogen-bond acceptors (Lipinski definition) is 6. The van der Waals surface area contributed by atoms with Gasteiger partial charge in [-0.2, -0.15) is 0 Å². The molecule has 1 aliphatic heterocycles. The van der Waals surface area contributed by atoms with Gasteiger partial charge >= 0.3 is 0 Å². The smallest absolute Gasteiger partial charge is 0.0946 e. The molecule has 0 unspecified atom stereocenters. The molecule has 4 nitrogen and oxygen atoms in total. The van der Waals surface area contributed by atoms with E-state index in [0.717, 1.165) is 37.7 Å². The minimum Gasteiger partial charge on any atom is -0.748 e. The molecule has 0 N–H and O–H groups in total. The number of rotatable bonds is 6. The maximum atomic E-state index is 11.0. The van der Waals surface area contributed by atoms with E-state index in [1.54, 1.807) is 11.8 Å². The Balaban J connectivity index is 2.01. The molecule has 1 aliphatic rings. The van der Waals surface area contributed by atoms with Gasteiger partial charge in [0.15, 0.2) is 0 Å². The number of allylic oxidation sites excluding steroid dienone is 1. The second kappa shape index (κ2) is 7.45. The molecule has 2 aromatic rings. The molecular weight excluding hydrogens is 374 g/mol. The highest BCUT2D eigenvalue weighted by Crippen LogP contribution is 2.49. The van der Waals surface area contributed by atoms with Gasteiger partial charge in [-0.3, -0.25) is 0 Å². The lowest BCUT2D eigenvalue weighted by atomic mass is 10.1. The Labute approximate surface area is 157 Å².